The summed E-state index contributed by atoms with van der Waals surface area (Å²) in [5.41, 5.74) is 1.84. The second-order valence-corrected chi connectivity index (χ2v) is 7.40. The molecule has 1 aliphatic carbocycles. The van der Waals surface area contributed by atoms with Crippen LogP contribution in [0.2, 0.25) is 0 Å². The van der Waals surface area contributed by atoms with E-state index in [1.165, 1.54) is 44.9 Å². The van der Waals surface area contributed by atoms with Gasteiger partial charge in [0.05, 0.1) is 0 Å². The molecule has 0 atom stereocenters. The van der Waals surface area contributed by atoms with Crippen molar-refractivity contribution in [3.63, 3.8) is 0 Å². The van der Waals surface area contributed by atoms with E-state index in [4.69, 9.17) is 0 Å². The molecule has 0 heterocycles. The van der Waals surface area contributed by atoms with Crippen LogP contribution in [0.25, 0.3) is 0 Å². The van der Waals surface area contributed by atoms with Crippen molar-refractivity contribution in [3.05, 3.63) is 35.4 Å². The summed E-state index contributed by atoms with van der Waals surface area (Å²) in [6.45, 7) is 1.66. The van der Waals surface area contributed by atoms with Crippen LogP contribution in [0.4, 0.5) is 0 Å². The highest BCUT2D eigenvalue weighted by atomic mass is 127. The number of carbonyl (C=O) groups excluding carboxylic acids is 1. The lowest BCUT2D eigenvalue weighted by molar-refractivity contribution is 0.0827. The summed E-state index contributed by atoms with van der Waals surface area (Å²) in [5, 5.41) is 6.74. The summed E-state index contributed by atoms with van der Waals surface area (Å²) in [6, 6.07) is 7.72. The number of guanidine groups is 1. The molecule has 1 aromatic rings. The van der Waals surface area contributed by atoms with E-state index in [0.29, 0.717) is 12.1 Å². The molecule has 6 heteroatoms. The van der Waals surface area contributed by atoms with Gasteiger partial charge in [-0.15, -0.1) is 24.0 Å². The Balaban J connectivity index is 0.00000364. The van der Waals surface area contributed by atoms with Gasteiger partial charge in [0, 0.05) is 39.8 Å². The molecule has 0 saturated heterocycles. The molecule has 1 saturated carbocycles. The van der Waals surface area contributed by atoms with E-state index in [2.05, 4.69) is 15.6 Å². The van der Waals surface area contributed by atoms with Crippen molar-refractivity contribution in [1.29, 1.82) is 0 Å². The van der Waals surface area contributed by atoms with Crippen LogP contribution in [0.5, 0.6) is 0 Å². The molecule has 2 N–H and O–H groups in total. The Kier molecular flexibility index (Phi) is 11.4. The van der Waals surface area contributed by atoms with Gasteiger partial charge in [0.2, 0.25) is 0 Å². The quantitative estimate of drug-likeness (QED) is 0.265. The number of nitrogens with zero attached hydrogens (tertiary/aromatic N) is 2. The van der Waals surface area contributed by atoms with Gasteiger partial charge in [-0.25, -0.2) is 0 Å². The first-order valence-electron chi connectivity index (χ1n) is 9.85. The van der Waals surface area contributed by atoms with E-state index >= 15 is 0 Å². The summed E-state index contributed by atoms with van der Waals surface area (Å²) in [6.07, 6.45) is 9.62. The van der Waals surface area contributed by atoms with Crippen LogP contribution in [0, 0.1) is 5.92 Å². The van der Waals surface area contributed by atoms with Crippen molar-refractivity contribution < 1.29 is 4.79 Å². The smallest absolute Gasteiger partial charge is 0.253 e. The standard InChI is InChI=1S/C21H34N4O.HI/c1-22-21(23-15-7-10-17-8-5-4-6-9-17)24-16-18-11-13-19(14-12-18)20(26)25(2)3;/h11-14,17H,4-10,15-16H2,1-3H3,(H2,22,23,24);1H. The Labute approximate surface area is 181 Å². The molecule has 1 aliphatic rings. The van der Waals surface area contributed by atoms with Gasteiger partial charge in [-0.2, -0.15) is 0 Å². The van der Waals surface area contributed by atoms with Crippen molar-refractivity contribution in [3.8, 4) is 0 Å². The lowest BCUT2D eigenvalue weighted by Crippen LogP contribution is -2.37. The number of hydrogen-bond donors (Lipinski definition) is 2. The van der Waals surface area contributed by atoms with Crippen molar-refractivity contribution >= 4 is 35.8 Å². The molecule has 0 aliphatic heterocycles. The van der Waals surface area contributed by atoms with Crippen LogP contribution in [0.15, 0.2) is 29.3 Å². The average molecular weight is 486 g/mol. The third-order valence-electron chi connectivity index (χ3n) is 5.10. The maximum absolute atomic E-state index is 11.9. The van der Waals surface area contributed by atoms with Crippen molar-refractivity contribution in [1.82, 2.24) is 15.5 Å². The Morgan fingerprint density at radius 3 is 2.37 bits per heavy atom. The second-order valence-electron chi connectivity index (χ2n) is 7.40. The zero-order valence-corrected chi connectivity index (χ0v) is 19.3. The van der Waals surface area contributed by atoms with Crippen molar-refractivity contribution in [2.24, 2.45) is 10.9 Å². The summed E-state index contributed by atoms with van der Waals surface area (Å²) >= 11 is 0. The van der Waals surface area contributed by atoms with Crippen molar-refractivity contribution in [2.45, 2.75) is 51.5 Å². The first kappa shape index (κ1) is 23.7. The van der Waals surface area contributed by atoms with Crippen LogP contribution in [0.3, 0.4) is 0 Å². The maximum Gasteiger partial charge on any atom is 0.253 e. The number of carbonyl (C=O) groups is 1. The Hall–Kier alpha value is -1.31. The van der Waals surface area contributed by atoms with Crippen LogP contribution in [0.1, 0.15) is 60.9 Å². The summed E-state index contributed by atoms with van der Waals surface area (Å²) in [5.74, 6) is 1.80. The van der Waals surface area contributed by atoms with Crippen LogP contribution >= 0.6 is 24.0 Å². The summed E-state index contributed by atoms with van der Waals surface area (Å²) < 4.78 is 0. The normalized spacial score (nSPS) is 15.0. The topological polar surface area (TPSA) is 56.7 Å². The predicted octanol–water partition coefficient (Wildman–Crippen LogP) is 4.03. The van der Waals surface area contributed by atoms with Crippen LogP contribution in [-0.2, 0) is 6.54 Å². The molecule has 152 valence electrons. The second kappa shape index (κ2) is 13.0. The molecule has 2 rings (SSSR count). The monoisotopic (exact) mass is 486 g/mol. The lowest BCUT2D eigenvalue weighted by atomic mass is 9.86. The lowest BCUT2D eigenvalue weighted by Gasteiger charge is -2.21. The van der Waals surface area contributed by atoms with Gasteiger partial charge in [0.15, 0.2) is 5.96 Å². The number of rotatable bonds is 7. The highest BCUT2D eigenvalue weighted by Gasteiger charge is 2.12. The fourth-order valence-electron chi connectivity index (χ4n) is 3.50. The third kappa shape index (κ3) is 8.49. The molecule has 0 spiro atoms. The minimum absolute atomic E-state index is 0. The van der Waals surface area contributed by atoms with Gasteiger partial charge in [-0.1, -0.05) is 44.2 Å². The number of hydrogen-bond acceptors (Lipinski definition) is 2. The van der Waals surface area contributed by atoms with Gasteiger partial charge in [-0.3, -0.25) is 9.79 Å². The molecule has 1 amide bonds. The molecule has 0 unspecified atom stereocenters. The van der Waals surface area contributed by atoms with Gasteiger partial charge < -0.3 is 15.5 Å². The van der Waals surface area contributed by atoms with Gasteiger partial charge in [0.25, 0.3) is 5.91 Å². The van der Waals surface area contributed by atoms with Gasteiger partial charge >= 0.3 is 0 Å². The number of benzene rings is 1. The molecule has 27 heavy (non-hydrogen) atoms. The first-order valence-corrected chi connectivity index (χ1v) is 9.85. The zero-order chi connectivity index (χ0) is 18.8. The fourth-order valence-corrected chi connectivity index (χ4v) is 3.50. The van der Waals surface area contributed by atoms with E-state index in [-0.39, 0.29) is 29.9 Å². The number of aliphatic imine (C=N–C) groups is 1. The maximum atomic E-state index is 11.9. The zero-order valence-electron chi connectivity index (χ0n) is 17.0. The Bertz CT molecular complexity index is 580. The van der Waals surface area contributed by atoms with Crippen LogP contribution in [-0.4, -0.2) is 44.5 Å². The average Bonchev–Trinajstić information content (AvgIpc) is 2.68. The van der Waals surface area contributed by atoms with E-state index in [0.717, 1.165) is 24.0 Å². The van der Waals surface area contributed by atoms with E-state index in [9.17, 15) is 4.79 Å². The van der Waals surface area contributed by atoms with E-state index in [1.807, 2.05) is 24.3 Å². The number of amides is 1. The summed E-state index contributed by atoms with van der Waals surface area (Å²) in [4.78, 5) is 17.8. The highest BCUT2D eigenvalue weighted by molar-refractivity contribution is 14.0. The Morgan fingerprint density at radius 1 is 1.11 bits per heavy atom. The minimum Gasteiger partial charge on any atom is -0.356 e. The van der Waals surface area contributed by atoms with Crippen LogP contribution < -0.4 is 10.6 Å². The molecular weight excluding hydrogens is 451 g/mol. The SMILES string of the molecule is CN=C(NCCCC1CCCCC1)NCc1ccc(C(=O)N(C)C)cc1.I. The molecular formula is C21H35IN4O. The molecule has 1 fully saturated rings. The third-order valence-corrected chi connectivity index (χ3v) is 5.10. The number of nitrogens with one attached hydrogen (secondary N) is 2. The predicted molar refractivity (Wildman–Crippen MR) is 124 cm³/mol. The van der Waals surface area contributed by atoms with Crippen molar-refractivity contribution in [2.75, 3.05) is 27.7 Å². The molecule has 1 aromatic carbocycles. The largest absolute Gasteiger partial charge is 0.356 e. The van der Waals surface area contributed by atoms with E-state index in [1.54, 1.807) is 26.0 Å². The molecule has 0 radical (unpaired) electrons. The molecule has 5 nitrogen and oxygen atoms in total. The first-order chi connectivity index (χ1) is 12.6. The molecule has 0 aromatic heterocycles. The minimum atomic E-state index is 0. The molecule has 0 bridgehead atoms. The highest BCUT2D eigenvalue weighted by Crippen LogP contribution is 2.26. The van der Waals surface area contributed by atoms with E-state index < -0.39 is 0 Å². The Morgan fingerprint density at radius 2 is 1.78 bits per heavy atom. The van der Waals surface area contributed by atoms with Gasteiger partial charge in [-0.05, 0) is 36.5 Å². The fraction of sp³-hybridized carbons (Fsp3) is 0.619. The number of halogens is 1. The van der Waals surface area contributed by atoms with Gasteiger partial charge in [0.1, 0.15) is 0 Å². The summed E-state index contributed by atoms with van der Waals surface area (Å²) in [7, 11) is 5.33.